The molecule has 14 nitrogen and oxygen atoms in total. The molecule has 15 heteroatoms. The van der Waals surface area contributed by atoms with Gasteiger partial charge in [-0.05, 0) is 42.5 Å². The van der Waals surface area contributed by atoms with Gasteiger partial charge in [-0.25, -0.2) is 9.79 Å². The number of hydrogen-bond acceptors (Lipinski definition) is 12. The Kier molecular flexibility index (Phi) is 10.0. The quantitative estimate of drug-likeness (QED) is 0.0705. The third kappa shape index (κ3) is 8.46. The number of fused-ring (bicyclic) bond motifs is 1. The number of carbonyl (C=O) groups is 2. The zero-order valence-corrected chi connectivity index (χ0v) is 25.0. The fraction of sp³-hybridized carbons (Fsp3) is 0.0938. The summed E-state index contributed by atoms with van der Waals surface area (Å²) >= 11 is 6.29. The van der Waals surface area contributed by atoms with Gasteiger partial charge < -0.3 is 9.47 Å². The number of rotatable bonds is 10. The molecule has 4 aromatic carbocycles. The van der Waals surface area contributed by atoms with Crippen molar-refractivity contribution < 1.29 is 28.9 Å². The van der Waals surface area contributed by atoms with Crippen LogP contribution >= 0.6 is 11.6 Å². The minimum Gasteiger partial charge on any atom is -0.427 e. The number of halogens is 1. The van der Waals surface area contributed by atoms with Gasteiger partial charge in [-0.15, -0.1) is 0 Å². The highest BCUT2D eigenvalue weighted by atomic mass is 35.5. The molecule has 1 N–H and O–H groups in total. The second kappa shape index (κ2) is 14.7. The number of nitrogens with zero attached hydrogens (tertiary/aromatic N) is 5. The number of amidine groups is 1. The molecule has 0 spiro atoms. The van der Waals surface area contributed by atoms with Crippen LogP contribution in [-0.2, 0) is 9.59 Å². The number of benzene rings is 4. The Bertz CT molecular complexity index is 1930. The number of non-ortho nitro benzene ring substituents is 2. The second-order valence-corrected chi connectivity index (χ2v) is 10.2. The molecule has 1 aliphatic rings. The lowest BCUT2D eigenvalue weighted by Gasteiger charge is -2.09. The molecule has 0 saturated heterocycles. The largest absolute Gasteiger partial charge is 0.427 e. The Morgan fingerprint density at radius 1 is 0.830 bits per heavy atom. The number of ether oxygens (including phenoxy) is 2. The van der Waals surface area contributed by atoms with Crippen LogP contribution in [0.4, 0.5) is 17.1 Å². The summed E-state index contributed by atoms with van der Waals surface area (Å²) in [4.78, 5) is 55.9. The van der Waals surface area contributed by atoms with Crippen LogP contribution in [0, 0.1) is 20.2 Å². The van der Waals surface area contributed by atoms with E-state index in [4.69, 9.17) is 26.1 Å². The summed E-state index contributed by atoms with van der Waals surface area (Å²) in [6, 6.07) is 24.4. The summed E-state index contributed by atoms with van der Waals surface area (Å²) in [5, 5.41) is 26.6. The van der Waals surface area contributed by atoms with Crippen LogP contribution in [0.25, 0.3) is 0 Å². The molecular formula is C32H23ClN6O8. The SMILES string of the molecule is O=C(CC/C(=N/NC1=Nc2ccc(Cl)cc2C(c2ccccc2)=NC1)C(=O)Oc1ccc([N+](=O)[O-])cc1)Oc1ccc([N+](=O)[O-])cc1. The normalized spacial score (nSPS) is 12.5. The van der Waals surface area contributed by atoms with Crippen molar-refractivity contribution in [1.29, 1.82) is 0 Å². The average Bonchev–Trinajstić information content (AvgIpc) is 3.24. The fourth-order valence-corrected chi connectivity index (χ4v) is 4.47. The highest BCUT2D eigenvalue weighted by Gasteiger charge is 2.21. The predicted molar refractivity (Wildman–Crippen MR) is 173 cm³/mol. The first kappa shape index (κ1) is 32.1. The van der Waals surface area contributed by atoms with Crippen molar-refractivity contribution >= 4 is 57.9 Å². The van der Waals surface area contributed by atoms with Crippen molar-refractivity contribution in [2.45, 2.75) is 12.8 Å². The van der Waals surface area contributed by atoms with Gasteiger partial charge in [-0.1, -0.05) is 41.9 Å². The molecule has 236 valence electrons. The number of hydrogen-bond donors (Lipinski definition) is 1. The molecule has 0 amide bonds. The van der Waals surface area contributed by atoms with Crippen LogP contribution in [-0.4, -0.2) is 45.6 Å². The minimum absolute atomic E-state index is 0.0106. The Morgan fingerprint density at radius 2 is 1.45 bits per heavy atom. The van der Waals surface area contributed by atoms with Crippen molar-refractivity contribution in [3.8, 4) is 11.5 Å². The third-order valence-electron chi connectivity index (χ3n) is 6.56. The number of nitrogens with one attached hydrogen (secondary N) is 1. The van der Waals surface area contributed by atoms with Crippen LogP contribution in [0.1, 0.15) is 24.0 Å². The summed E-state index contributed by atoms with van der Waals surface area (Å²) < 4.78 is 10.6. The number of esters is 2. The molecule has 0 aliphatic carbocycles. The van der Waals surface area contributed by atoms with Crippen LogP contribution in [0.15, 0.2) is 112 Å². The number of nitro groups is 2. The molecule has 0 unspecified atom stereocenters. The topological polar surface area (TPSA) is 188 Å². The maximum Gasteiger partial charge on any atom is 0.359 e. The minimum atomic E-state index is -0.940. The van der Waals surface area contributed by atoms with Crippen molar-refractivity contribution in [2.75, 3.05) is 6.54 Å². The number of hydrazone groups is 1. The fourth-order valence-electron chi connectivity index (χ4n) is 4.29. The van der Waals surface area contributed by atoms with E-state index in [9.17, 15) is 29.8 Å². The molecule has 1 aliphatic heterocycles. The smallest absolute Gasteiger partial charge is 0.359 e. The summed E-state index contributed by atoms with van der Waals surface area (Å²) in [7, 11) is 0. The summed E-state index contributed by atoms with van der Waals surface area (Å²) in [6.07, 6.45) is -0.570. The van der Waals surface area contributed by atoms with Crippen LogP contribution in [0.3, 0.4) is 0 Å². The van der Waals surface area contributed by atoms with Gasteiger partial charge in [0.1, 0.15) is 23.0 Å². The van der Waals surface area contributed by atoms with E-state index in [1.165, 1.54) is 48.5 Å². The van der Waals surface area contributed by atoms with Crippen molar-refractivity contribution in [3.63, 3.8) is 0 Å². The maximum absolute atomic E-state index is 13.2. The number of aliphatic imine (C=N–C) groups is 2. The van der Waals surface area contributed by atoms with E-state index in [0.29, 0.717) is 22.0 Å². The Balaban J connectivity index is 1.37. The highest BCUT2D eigenvalue weighted by Crippen LogP contribution is 2.28. The molecule has 0 saturated carbocycles. The zero-order valence-electron chi connectivity index (χ0n) is 24.2. The van der Waals surface area contributed by atoms with Gasteiger partial charge in [0.2, 0.25) is 0 Å². The zero-order chi connectivity index (χ0) is 33.3. The Morgan fingerprint density at radius 3 is 2.06 bits per heavy atom. The molecule has 0 aromatic heterocycles. The lowest BCUT2D eigenvalue weighted by atomic mass is 10.0. The van der Waals surface area contributed by atoms with E-state index in [1.54, 1.807) is 18.2 Å². The van der Waals surface area contributed by atoms with E-state index >= 15 is 0 Å². The van der Waals surface area contributed by atoms with Gasteiger partial charge in [0, 0.05) is 46.8 Å². The first-order valence-corrected chi connectivity index (χ1v) is 14.3. The summed E-state index contributed by atoms with van der Waals surface area (Å²) in [6.45, 7) is 0.0485. The molecule has 0 bridgehead atoms. The van der Waals surface area contributed by atoms with E-state index in [1.807, 2.05) is 30.3 Å². The van der Waals surface area contributed by atoms with Crippen molar-refractivity contribution in [1.82, 2.24) is 5.43 Å². The van der Waals surface area contributed by atoms with Crippen molar-refractivity contribution in [3.05, 3.63) is 133 Å². The van der Waals surface area contributed by atoms with Gasteiger partial charge in [-0.2, -0.15) is 5.10 Å². The third-order valence-corrected chi connectivity index (χ3v) is 6.80. The molecular weight excluding hydrogens is 632 g/mol. The first-order valence-electron chi connectivity index (χ1n) is 13.9. The molecule has 0 fully saturated rings. The van der Waals surface area contributed by atoms with E-state index in [-0.39, 0.29) is 53.8 Å². The van der Waals surface area contributed by atoms with Crippen molar-refractivity contribution in [2.24, 2.45) is 15.1 Å². The Hall–Kier alpha value is -6.28. The van der Waals surface area contributed by atoms with E-state index in [2.05, 4.69) is 15.5 Å². The second-order valence-electron chi connectivity index (χ2n) is 9.79. The van der Waals surface area contributed by atoms with E-state index < -0.39 is 21.8 Å². The molecule has 5 rings (SSSR count). The Labute approximate surface area is 271 Å². The average molecular weight is 655 g/mol. The lowest BCUT2D eigenvalue weighted by molar-refractivity contribution is -0.385. The lowest BCUT2D eigenvalue weighted by Crippen LogP contribution is -2.28. The predicted octanol–water partition coefficient (Wildman–Crippen LogP) is 5.97. The number of carbonyl (C=O) groups excluding carboxylic acids is 2. The summed E-state index contributed by atoms with van der Waals surface area (Å²) in [5.74, 6) is -1.33. The van der Waals surface area contributed by atoms with Gasteiger partial charge in [0.15, 0.2) is 0 Å². The maximum atomic E-state index is 13.2. The highest BCUT2D eigenvalue weighted by molar-refractivity contribution is 6.37. The van der Waals surface area contributed by atoms with Gasteiger partial charge in [0.25, 0.3) is 11.4 Å². The summed E-state index contributed by atoms with van der Waals surface area (Å²) in [5.41, 5.74) is 4.90. The van der Waals surface area contributed by atoms with Crippen LogP contribution in [0.5, 0.6) is 11.5 Å². The van der Waals surface area contributed by atoms with Crippen LogP contribution < -0.4 is 14.9 Å². The first-order chi connectivity index (χ1) is 22.7. The monoisotopic (exact) mass is 654 g/mol. The molecule has 1 heterocycles. The standard InChI is InChI=1S/C32H23ClN6O8/c33-21-6-15-27-26(18-21)31(20-4-2-1-3-5-20)34-19-29(35-27)37-36-28(32(41)47-25-13-9-23(10-14-25)39(44)45)16-17-30(40)46-24-11-7-22(8-12-24)38(42)43/h1-15,18H,16-17,19H2,(H,35,37)/b36-28-. The van der Waals surface area contributed by atoms with Gasteiger partial charge >= 0.3 is 11.9 Å². The van der Waals surface area contributed by atoms with Gasteiger partial charge in [0.05, 0.1) is 34.2 Å². The molecule has 4 aromatic rings. The van der Waals surface area contributed by atoms with Gasteiger partial charge in [-0.3, -0.25) is 35.4 Å². The molecule has 0 atom stereocenters. The van der Waals surface area contributed by atoms with Crippen LogP contribution in [0.2, 0.25) is 5.02 Å². The molecule has 47 heavy (non-hydrogen) atoms. The number of nitro benzene ring substituents is 2. The van der Waals surface area contributed by atoms with E-state index in [0.717, 1.165) is 5.56 Å². The molecule has 0 radical (unpaired) electrons.